The molecule has 1 aliphatic heterocycles. The molecule has 1 atom stereocenters. The molecule has 1 aliphatic rings. The van der Waals surface area contributed by atoms with Crippen molar-refractivity contribution in [2.75, 3.05) is 25.6 Å². The van der Waals surface area contributed by atoms with Gasteiger partial charge in [0.2, 0.25) is 0 Å². The number of amides is 1. The van der Waals surface area contributed by atoms with Crippen molar-refractivity contribution in [2.45, 2.75) is 32.4 Å². The standard InChI is InChI=1S/C15H22N2O3/c1-10(16-9-15(2,3)19-4)11-5-6-13-12(7-11)17-14(18)8-20-13/h5-7,10,16H,8-9H2,1-4H3,(H,17,18). The van der Waals surface area contributed by atoms with Gasteiger partial charge in [-0.1, -0.05) is 6.07 Å². The molecule has 0 radical (unpaired) electrons. The Morgan fingerprint density at radius 2 is 2.25 bits per heavy atom. The molecule has 2 rings (SSSR count). The van der Waals surface area contributed by atoms with E-state index < -0.39 is 0 Å². The van der Waals surface area contributed by atoms with E-state index in [4.69, 9.17) is 9.47 Å². The smallest absolute Gasteiger partial charge is 0.262 e. The Kier molecular flexibility index (Phi) is 4.30. The molecule has 0 fully saturated rings. The van der Waals surface area contributed by atoms with Gasteiger partial charge in [-0.05, 0) is 38.5 Å². The van der Waals surface area contributed by atoms with Crippen molar-refractivity contribution in [2.24, 2.45) is 0 Å². The van der Waals surface area contributed by atoms with Crippen LogP contribution in [0.3, 0.4) is 0 Å². The van der Waals surface area contributed by atoms with E-state index in [1.807, 2.05) is 32.0 Å². The monoisotopic (exact) mass is 278 g/mol. The first-order chi connectivity index (χ1) is 9.41. The Morgan fingerprint density at radius 3 is 2.95 bits per heavy atom. The minimum atomic E-state index is -0.209. The summed E-state index contributed by atoms with van der Waals surface area (Å²) in [6.07, 6.45) is 0. The second kappa shape index (κ2) is 5.81. The van der Waals surface area contributed by atoms with Crippen LogP contribution in [0.2, 0.25) is 0 Å². The van der Waals surface area contributed by atoms with E-state index in [0.717, 1.165) is 23.5 Å². The quantitative estimate of drug-likeness (QED) is 0.866. The van der Waals surface area contributed by atoms with Gasteiger partial charge in [-0.25, -0.2) is 0 Å². The summed E-state index contributed by atoms with van der Waals surface area (Å²) in [6.45, 7) is 6.98. The average molecular weight is 278 g/mol. The lowest BCUT2D eigenvalue weighted by molar-refractivity contribution is -0.118. The van der Waals surface area contributed by atoms with Crippen molar-refractivity contribution in [1.82, 2.24) is 5.32 Å². The van der Waals surface area contributed by atoms with E-state index in [-0.39, 0.29) is 24.2 Å². The molecule has 20 heavy (non-hydrogen) atoms. The minimum Gasteiger partial charge on any atom is -0.482 e. The molecule has 0 aliphatic carbocycles. The van der Waals surface area contributed by atoms with Gasteiger partial charge in [-0.15, -0.1) is 0 Å². The summed E-state index contributed by atoms with van der Waals surface area (Å²) in [6, 6.07) is 6.01. The summed E-state index contributed by atoms with van der Waals surface area (Å²) in [7, 11) is 1.71. The largest absolute Gasteiger partial charge is 0.482 e. The fourth-order valence-electron chi connectivity index (χ4n) is 1.96. The molecule has 0 spiro atoms. The van der Waals surface area contributed by atoms with Gasteiger partial charge in [0.25, 0.3) is 5.91 Å². The molecular formula is C15H22N2O3. The van der Waals surface area contributed by atoms with Gasteiger partial charge in [-0.2, -0.15) is 0 Å². The number of ether oxygens (including phenoxy) is 2. The highest BCUT2D eigenvalue weighted by atomic mass is 16.5. The van der Waals surface area contributed by atoms with Crippen LogP contribution >= 0.6 is 0 Å². The molecule has 2 N–H and O–H groups in total. The molecule has 0 saturated heterocycles. The summed E-state index contributed by atoms with van der Waals surface area (Å²) >= 11 is 0. The molecule has 0 bridgehead atoms. The molecule has 1 aromatic rings. The molecule has 1 aromatic carbocycles. The number of benzene rings is 1. The van der Waals surface area contributed by atoms with E-state index in [9.17, 15) is 4.79 Å². The fraction of sp³-hybridized carbons (Fsp3) is 0.533. The molecular weight excluding hydrogens is 256 g/mol. The maximum Gasteiger partial charge on any atom is 0.262 e. The summed E-state index contributed by atoms with van der Waals surface area (Å²) in [5.41, 5.74) is 1.62. The molecule has 0 aromatic heterocycles. The zero-order chi connectivity index (χ0) is 14.8. The summed E-state index contributed by atoms with van der Waals surface area (Å²) in [5.74, 6) is 0.605. The molecule has 5 heteroatoms. The zero-order valence-electron chi connectivity index (χ0n) is 12.4. The molecule has 1 unspecified atom stereocenters. The Morgan fingerprint density at radius 1 is 1.50 bits per heavy atom. The third-order valence-corrected chi connectivity index (χ3v) is 3.52. The van der Waals surface area contributed by atoms with E-state index in [1.165, 1.54) is 0 Å². The van der Waals surface area contributed by atoms with Crippen molar-refractivity contribution in [3.63, 3.8) is 0 Å². The first kappa shape index (κ1) is 14.8. The Hall–Kier alpha value is -1.59. The highest BCUT2D eigenvalue weighted by molar-refractivity contribution is 5.95. The van der Waals surface area contributed by atoms with Gasteiger partial charge >= 0.3 is 0 Å². The van der Waals surface area contributed by atoms with E-state index in [2.05, 4.69) is 17.6 Å². The van der Waals surface area contributed by atoms with Gasteiger partial charge in [0.15, 0.2) is 6.61 Å². The Balaban J connectivity index is 2.05. The Bertz CT molecular complexity index is 500. The van der Waals surface area contributed by atoms with Crippen molar-refractivity contribution in [3.8, 4) is 5.75 Å². The number of rotatable bonds is 5. The van der Waals surface area contributed by atoms with Gasteiger partial charge in [0.1, 0.15) is 5.75 Å². The third kappa shape index (κ3) is 3.49. The first-order valence-corrected chi connectivity index (χ1v) is 6.76. The molecule has 1 heterocycles. The first-order valence-electron chi connectivity index (χ1n) is 6.76. The van der Waals surface area contributed by atoms with Crippen molar-refractivity contribution < 1.29 is 14.3 Å². The van der Waals surface area contributed by atoms with E-state index in [0.29, 0.717) is 0 Å². The number of hydrogen-bond donors (Lipinski definition) is 2. The van der Waals surface area contributed by atoms with Crippen LogP contribution < -0.4 is 15.4 Å². The zero-order valence-corrected chi connectivity index (χ0v) is 12.4. The lowest BCUT2D eigenvalue weighted by Gasteiger charge is -2.26. The van der Waals surface area contributed by atoms with Crippen molar-refractivity contribution in [1.29, 1.82) is 0 Å². The number of carbonyl (C=O) groups excluding carboxylic acids is 1. The van der Waals surface area contributed by atoms with Crippen LogP contribution in [-0.4, -0.2) is 31.8 Å². The van der Waals surface area contributed by atoms with Crippen LogP contribution in [0.1, 0.15) is 32.4 Å². The van der Waals surface area contributed by atoms with Crippen LogP contribution in [-0.2, 0) is 9.53 Å². The second-order valence-electron chi connectivity index (χ2n) is 5.66. The number of carbonyl (C=O) groups is 1. The van der Waals surface area contributed by atoms with Gasteiger partial charge in [0, 0.05) is 19.7 Å². The van der Waals surface area contributed by atoms with Gasteiger partial charge in [0.05, 0.1) is 11.3 Å². The van der Waals surface area contributed by atoms with E-state index in [1.54, 1.807) is 7.11 Å². The predicted molar refractivity (Wildman–Crippen MR) is 78.1 cm³/mol. The fourth-order valence-corrected chi connectivity index (χ4v) is 1.96. The van der Waals surface area contributed by atoms with Crippen LogP contribution in [0, 0.1) is 0 Å². The predicted octanol–water partition coefficient (Wildman–Crippen LogP) is 2.09. The van der Waals surface area contributed by atoms with Gasteiger partial charge < -0.3 is 20.1 Å². The normalized spacial score (nSPS) is 16.1. The van der Waals surface area contributed by atoms with Crippen molar-refractivity contribution in [3.05, 3.63) is 23.8 Å². The summed E-state index contributed by atoms with van der Waals surface area (Å²) in [5, 5.41) is 6.25. The number of nitrogens with one attached hydrogen (secondary N) is 2. The number of methoxy groups -OCH3 is 1. The molecule has 5 nitrogen and oxygen atoms in total. The van der Waals surface area contributed by atoms with E-state index >= 15 is 0 Å². The number of fused-ring (bicyclic) bond motifs is 1. The molecule has 110 valence electrons. The Labute approximate surface area is 119 Å². The topological polar surface area (TPSA) is 59.6 Å². The van der Waals surface area contributed by atoms with Crippen LogP contribution in [0.4, 0.5) is 5.69 Å². The average Bonchev–Trinajstić information content (AvgIpc) is 2.44. The number of anilines is 1. The van der Waals surface area contributed by atoms with Crippen LogP contribution in [0.25, 0.3) is 0 Å². The maximum atomic E-state index is 11.3. The molecule has 1 amide bonds. The maximum absolute atomic E-state index is 11.3. The van der Waals surface area contributed by atoms with Crippen LogP contribution in [0.15, 0.2) is 18.2 Å². The third-order valence-electron chi connectivity index (χ3n) is 3.52. The minimum absolute atomic E-state index is 0.0855. The molecule has 0 saturated carbocycles. The summed E-state index contributed by atoms with van der Waals surface area (Å²) in [4.78, 5) is 11.3. The second-order valence-corrected chi connectivity index (χ2v) is 5.66. The number of hydrogen-bond acceptors (Lipinski definition) is 4. The van der Waals surface area contributed by atoms with Crippen molar-refractivity contribution >= 4 is 11.6 Å². The lowest BCUT2D eigenvalue weighted by atomic mass is 10.0. The van der Waals surface area contributed by atoms with Gasteiger partial charge in [-0.3, -0.25) is 4.79 Å². The lowest BCUT2D eigenvalue weighted by Crippen LogP contribution is -2.37. The summed E-state index contributed by atoms with van der Waals surface area (Å²) < 4.78 is 10.7. The highest BCUT2D eigenvalue weighted by Crippen LogP contribution is 2.30. The SMILES string of the molecule is COC(C)(C)CNC(C)c1ccc2c(c1)NC(=O)CO2. The highest BCUT2D eigenvalue weighted by Gasteiger charge is 2.20. The van der Waals surface area contributed by atoms with Crippen LogP contribution in [0.5, 0.6) is 5.75 Å².